The van der Waals surface area contributed by atoms with E-state index in [-0.39, 0.29) is 11.6 Å². The Bertz CT molecular complexity index is 638. The molecule has 1 N–H and O–H groups in total. The fourth-order valence-electron chi connectivity index (χ4n) is 1.85. The van der Waals surface area contributed by atoms with Crippen molar-refractivity contribution in [2.75, 3.05) is 0 Å². The van der Waals surface area contributed by atoms with E-state index in [1.165, 1.54) is 0 Å². The van der Waals surface area contributed by atoms with E-state index in [0.717, 1.165) is 15.9 Å². The number of hydrogen-bond donors (Lipinski definition) is 1. The average molecular weight is 435 g/mol. The maximum Gasteiger partial charge on any atom is 0.357 e. The van der Waals surface area contributed by atoms with Gasteiger partial charge in [0.25, 0.3) is 0 Å². The lowest BCUT2D eigenvalue weighted by Gasteiger charge is -2.12. The van der Waals surface area contributed by atoms with Crippen LogP contribution in [0.1, 0.15) is 35.9 Å². The minimum atomic E-state index is -1.00. The van der Waals surface area contributed by atoms with Gasteiger partial charge < -0.3 is 5.11 Å². The first-order valence-electron chi connectivity index (χ1n) is 5.70. The zero-order valence-electron chi connectivity index (χ0n) is 10.4. The molecule has 0 unspecified atom stereocenters. The second-order valence-corrected chi connectivity index (χ2v) is 6.30. The molecule has 0 bridgehead atoms. The van der Waals surface area contributed by atoms with Gasteiger partial charge in [-0.2, -0.15) is 5.10 Å². The van der Waals surface area contributed by atoms with Crippen LogP contribution in [-0.4, -0.2) is 20.9 Å². The molecule has 0 aliphatic carbocycles. The van der Waals surface area contributed by atoms with Crippen molar-refractivity contribution < 1.29 is 9.90 Å². The number of nitrogens with zero attached hydrogens (tertiary/aromatic N) is 2. The van der Waals surface area contributed by atoms with Gasteiger partial charge in [0.15, 0.2) is 5.69 Å². The SMILES string of the molecule is CC(C)c1c(I)c(C(=O)O)nn1-c1ccccc1Br. The highest BCUT2D eigenvalue weighted by Gasteiger charge is 2.23. The van der Waals surface area contributed by atoms with E-state index in [1.807, 2.05) is 38.1 Å². The van der Waals surface area contributed by atoms with Crippen LogP contribution in [0.5, 0.6) is 0 Å². The summed E-state index contributed by atoms with van der Waals surface area (Å²) < 4.78 is 3.28. The molecule has 2 rings (SSSR count). The third-order valence-corrected chi connectivity index (χ3v) is 4.43. The topological polar surface area (TPSA) is 55.1 Å². The summed E-state index contributed by atoms with van der Waals surface area (Å²) in [5.41, 5.74) is 1.85. The lowest BCUT2D eigenvalue weighted by atomic mass is 10.1. The predicted octanol–water partition coefficient (Wildman–Crippen LogP) is 4.06. The monoisotopic (exact) mass is 434 g/mol. The van der Waals surface area contributed by atoms with Crippen LogP contribution in [0.3, 0.4) is 0 Å². The Balaban J connectivity index is 2.73. The summed E-state index contributed by atoms with van der Waals surface area (Å²) in [6.45, 7) is 4.05. The Morgan fingerprint density at radius 1 is 1.42 bits per heavy atom. The maximum atomic E-state index is 11.2. The van der Waals surface area contributed by atoms with E-state index >= 15 is 0 Å². The molecule has 1 aromatic carbocycles. The van der Waals surface area contributed by atoms with Crippen molar-refractivity contribution in [3.05, 3.63) is 43.7 Å². The summed E-state index contributed by atoms with van der Waals surface area (Å²) in [5, 5.41) is 13.5. The van der Waals surface area contributed by atoms with Gasteiger partial charge in [-0.15, -0.1) is 0 Å². The van der Waals surface area contributed by atoms with Crippen molar-refractivity contribution in [1.29, 1.82) is 0 Å². The lowest BCUT2D eigenvalue weighted by Crippen LogP contribution is -2.05. The number of halogens is 2. The highest BCUT2D eigenvalue weighted by atomic mass is 127. The third kappa shape index (κ3) is 2.69. The van der Waals surface area contributed by atoms with Gasteiger partial charge in [-0.1, -0.05) is 26.0 Å². The van der Waals surface area contributed by atoms with Crippen LogP contribution in [0.2, 0.25) is 0 Å². The van der Waals surface area contributed by atoms with Crippen molar-refractivity contribution >= 4 is 44.5 Å². The molecule has 19 heavy (non-hydrogen) atoms. The molecular formula is C13H12BrIN2O2. The Morgan fingerprint density at radius 2 is 2.05 bits per heavy atom. The molecule has 100 valence electrons. The summed E-state index contributed by atoms with van der Waals surface area (Å²) in [5.74, 6) is -0.822. The first-order chi connectivity index (χ1) is 8.93. The summed E-state index contributed by atoms with van der Waals surface area (Å²) in [6.07, 6.45) is 0. The zero-order chi connectivity index (χ0) is 14.2. The minimum Gasteiger partial charge on any atom is -0.476 e. The first kappa shape index (κ1) is 14.5. The normalized spacial score (nSPS) is 11.0. The largest absolute Gasteiger partial charge is 0.476 e. The summed E-state index contributed by atoms with van der Waals surface area (Å²) in [4.78, 5) is 11.2. The van der Waals surface area contributed by atoms with Crippen LogP contribution in [0, 0.1) is 3.57 Å². The van der Waals surface area contributed by atoms with Gasteiger partial charge in [0.1, 0.15) is 0 Å². The second-order valence-electron chi connectivity index (χ2n) is 4.37. The van der Waals surface area contributed by atoms with Gasteiger partial charge in [-0.05, 0) is 56.6 Å². The average Bonchev–Trinajstić information content (AvgIpc) is 2.67. The molecule has 0 fully saturated rings. The lowest BCUT2D eigenvalue weighted by molar-refractivity contribution is 0.0689. The van der Waals surface area contributed by atoms with Crippen molar-refractivity contribution in [1.82, 2.24) is 9.78 Å². The Hall–Kier alpha value is -0.890. The number of carboxylic acid groups (broad SMARTS) is 1. The molecule has 0 saturated heterocycles. The number of aromatic nitrogens is 2. The number of aromatic carboxylic acids is 1. The van der Waals surface area contributed by atoms with E-state index in [0.29, 0.717) is 3.57 Å². The molecule has 2 aromatic rings. The maximum absolute atomic E-state index is 11.2. The second kappa shape index (κ2) is 5.62. The number of carboxylic acids is 1. The fourth-order valence-corrected chi connectivity index (χ4v) is 3.50. The molecule has 0 aliphatic rings. The minimum absolute atomic E-state index is 0.0973. The van der Waals surface area contributed by atoms with Crippen molar-refractivity contribution in [3.63, 3.8) is 0 Å². The van der Waals surface area contributed by atoms with Gasteiger partial charge >= 0.3 is 5.97 Å². The fraction of sp³-hybridized carbons (Fsp3) is 0.231. The van der Waals surface area contributed by atoms with E-state index in [2.05, 4.69) is 43.6 Å². The van der Waals surface area contributed by atoms with Crippen LogP contribution in [-0.2, 0) is 0 Å². The summed E-state index contributed by atoms with van der Waals surface area (Å²) >= 11 is 5.53. The van der Waals surface area contributed by atoms with Crippen molar-refractivity contribution in [2.24, 2.45) is 0 Å². The predicted molar refractivity (Wildman–Crippen MR) is 85.0 cm³/mol. The van der Waals surface area contributed by atoms with E-state index < -0.39 is 5.97 Å². The molecule has 0 aliphatic heterocycles. The standard InChI is InChI=1S/C13H12BrIN2O2/c1-7(2)12-10(15)11(13(18)19)16-17(12)9-6-4-3-5-8(9)14/h3-7H,1-2H3,(H,18,19). The highest BCUT2D eigenvalue weighted by molar-refractivity contribution is 14.1. The molecule has 0 amide bonds. The van der Waals surface area contributed by atoms with E-state index in [4.69, 9.17) is 0 Å². The number of rotatable bonds is 3. The summed E-state index contributed by atoms with van der Waals surface area (Å²) in [7, 11) is 0. The van der Waals surface area contributed by atoms with E-state index in [9.17, 15) is 9.90 Å². The van der Waals surface area contributed by atoms with E-state index in [1.54, 1.807) is 4.68 Å². The van der Waals surface area contributed by atoms with Crippen LogP contribution in [0.4, 0.5) is 0 Å². The van der Waals surface area contributed by atoms with Crippen molar-refractivity contribution in [2.45, 2.75) is 19.8 Å². The van der Waals surface area contributed by atoms with Crippen LogP contribution in [0.25, 0.3) is 5.69 Å². The van der Waals surface area contributed by atoms with Gasteiger partial charge in [0.2, 0.25) is 0 Å². The van der Waals surface area contributed by atoms with Gasteiger partial charge in [-0.3, -0.25) is 0 Å². The van der Waals surface area contributed by atoms with Crippen LogP contribution >= 0.6 is 38.5 Å². The number of hydrogen-bond acceptors (Lipinski definition) is 2. The summed E-state index contributed by atoms with van der Waals surface area (Å²) in [6, 6.07) is 7.63. The Labute approximate surface area is 133 Å². The third-order valence-electron chi connectivity index (χ3n) is 2.69. The molecular weight excluding hydrogens is 423 g/mol. The van der Waals surface area contributed by atoms with Gasteiger partial charge in [-0.25, -0.2) is 9.48 Å². The molecule has 1 aromatic heterocycles. The molecule has 6 heteroatoms. The molecule has 1 heterocycles. The van der Waals surface area contributed by atoms with Crippen LogP contribution in [0.15, 0.2) is 28.7 Å². The molecule has 0 atom stereocenters. The zero-order valence-corrected chi connectivity index (χ0v) is 14.1. The molecule has 4 nitrogen and oxygen atoms in total. The quantitative estimate of drug-likeness (QED) is 0.741. The smallest absolute Gasteiger partial charge is 0.357 e. The molecule has 0 radical (unpaired) electrons. The van der Waals surface area contributed by atoms with Crippen LogP contribution < -0.4 is 0 Å². The molecule has 0 spiro atoms. The number of carbonyl (C=O) groups is 1. The van der Waals surface area contributed by atoms with Gasteiger partial charge in [0.05, 0.1) is 15.0 Å². The number of benzene rings is 1. The first-order valence-corrected chi connectivity index (χ1v) is 7.57. The van der Waals surface area contributed by atoms with Gasteiger partial charge in [0, 0.05) is 4.47 Å². The molecule has 0 saturated carbocycles. The Kier molecular flexibility index (Phi) is 4.29. The Morgan fingerprint density at radius 3 is 2.58 bits per heavy atom. The van der Waals surface area contributed by atoms with Crippen molar-refractivity contribution in [3.8, 4) is 5.69 Å². The number of para-hydroxylation sites is 1. The highest BCUT2D eigenvalue weighted by Crippen LogP contribution is 2.30.